The van der Waals surface area contributed by atoms with Gasteiger partial charge < -0.3 is 9.64 Å². The van der Waals surface area contributed by atoms with Crippen molar-refractivity contribution in [2.24, 2.45) is 0 Å². The molecule has 0 aromatic heterocycles. The van der Waals surface area contributed by atoms with Crippen molar-refractivity contribution in [1.29, 1.82) is 0 Å². The molecule has 0 radical (unpaired) electrons. The number of likely N-dealkylation sites (N-methyl/N-ethyl adjacent to an activating group) is 1. The van der Waals surface area contributed by atoms with Crippen molar-refractivity contribution < 1.29 is 37.5 Å². The van der Waals surface area contributed by atoms with Gasteiger partial charge in [-0.05, 0) is 49.2 Å². The van der Waals surface area contributed by atoms with Crippen LogP contribution in [0.25, 0.3) is 11.1 Å². The molecule has 1 atom stereocenters. The monoisotopic (exact) mass is 479 g/mol. The molecule has 0 aliphatic carbocycles. The second-order valence-electron chi connectivity index (χ2n) is 8.37. The molecule has 2 aromatic carbocycles. The number of hydrogen-bond donors (Lipinski definition) is 1. The predicted molar refractivity (Wildman–Crippen MR) is 115 cm³/mol. The van der Waals surface area contributed by atoms with Crippen LogP contribution in [0.1, 0.15) is 19.4 Å². The molecule has 182 valence electrons. The second-order valence-corrected chi connectivity index (χ2v) is 8.37. The van der Waals surface area contributed by atoms with E-state index in [9.17, 15) is 32.8 Å². The van der Waals surface area contributed by atoms with Crippen molar-refractivity contribution in [3.8, 4) is 16.9 Å². The highest BCUT2D eigenvalue weighted by molar-refractivity contribution is 6.06. The van der Waals surface area contributed by atoms with Gasteiger partial charge in [-0.3, -0.25) is 19.7 Å². The van der Waals surface area contributed by atoms with Crippen LogP contribution in [0.5, 0.6) is 5.75 Å². The highest BCUT2D eigenvalue weighted by Gasteiger charge is 2.50. The summed E-state index contributed by atoms with van der Waals surface area (Å²) in [5.41, 5.74) is -0.556. The number of hydrogen-bond acceptors (Lipinski definition) is 5. The van der Waals surface area contributed by atoms with E-state index >= 15 is 0 Å². The molecule has 1 unspecified atom stereocenters. The molecular weight excluding hydrogens is 455 g/mol. The average Bonchev–Trinajstić information content (AvgIpc) is 2.95. The second kappa shape index (κ2) is 9.34. The van der Waals surface area contributed by atoms with Crippen molar-refractivity contribution in [2.45, 2.75) is 31.6 Å². The first-order valence-electron chi connectivity index (χ1n) is 10.3. The fourth-order valence-electron chi connectivity index (χ4n) is 3.44. The molecule has 8 nitrogen and oxygen atoms in total. The van der Waals surface area contributed by atoms with Crippen molar-refractivity contribution in [3.05, 3.63) is 54.1 Å². The number of halogens is 3. The maximum atomic E-state index is 12.7. The van der Waals surface area contributed by atoms with Gasteiger partial charge in [0, 0.05) is 7.05 Å². The van der Waals surface area contributed by atoms with Crippen molar-refractivity contribution >= 4 is 18.3 Å². The van der Waals surface area contributed by atoms with Crippen LogP contribution in [0.4, 0.5) is 18.0 Å². The molecule has 2 aromatic rings. The van der Waals surface area contributed by atoms with E-state index in [0.717, 1.165) is 17.0 Å². The molecule has 11 heteroatoms. The standard InChI is InChI=1S/C23H24F3N3O5/c1-22(2)20(31)28(21(32)27(22)3)12-18(29(33)14-30)13-34-19-10-6-16(7-11-19)15-4-8-17(9-5-15)23(24,25)26/h4-11,14,18,33H,12-13H2,1-3H3. The number of carbonyl (C=O) groups is 3. The molecule has 0 saturated carbocycles. The lowest BCUT2D eigenvalue weighted by Gasteiger charge is -2.26. The summed E-state index contributed by atoms with van der Waals surface area (Å²) < 4.78 is 43.8. The zero-order valence-electron chi connectivity index (χ0n) is 18.7. The molecular formula is C23H24F3N3O5. The Morgan fingerprint density at radius 1 is 1.06 bits per heavy atom. The zero-order chi connectivity index (χ0) is 25.3. The Hall–Kier alpha value is -3.60. The summed E-state index contributed by atoms with van der Waals surface area (Å²) in [7, 11) is 1.49. The van der Waals surface area contributed by atoms with Crippen molar-refractivity contribution in [1.82, 2.24) is 14.9 Å². The minimum atomic E-state index is -4.41. The van der Waals surface area contributed by atoms with E-state index in [1.165, 1.54) is 24.1 Å². The Morgan fingerprint density at radius 3 is 2.03 bits per heavy atom. The van der Waals surface area contributed by atoms with Gasteiger partial charge in [-0.15, -0.1) is 0 Å². The minimum Gasteiger partial charge on any atom is -0.491 e. The Morgan fingerprint density at radius 2 is 1.59 bits per heavy atom. The van der Waals surface area contributed by atoms with E-state index < -0.39 is 35.3 Å². The summed E-state index contributed by atoms with van der Waals surface area (Å²) in [5.74, 6) is -0.110. The molecule has 3 rings (SSSR count). The van der Waals surface area contributed by atoms with Crippen LogP contribution in [0.2, 0.25) is 0 Å². The van der Waals surface area contributed by atoms with Crippen LogP contribution < -0.4 is 4.74 Å². The molecule has 1 fully saturated rings. The van der Waals surface area contributed by atoms with E-state index in [2.05, 4.69) is 0 Å². The molecule has 34 heavy (non-hydrogen) atoms. The first kappa shape index (κ1) is 25.0. The maximum absolute atomic E-state index is 12.7. The lowest BCUT2D eigenvalue weighted by atomic mass is 10.0. The van der Waals surface area contributed by atoms with E-state index in [4.69, 9.17) is 4.74 Å². The van der Waals surface area contributed by atoms with Gasteiger partial charge in [-0.25, -0.2) is 9.86 Å². The molecule has 4 amide bonds. The number of hydroxylamine groups is 2. The summed E-state index contributed by atoms with van der Waals surface area (Å²) in [6, 6.07) is 9.60. The topological polar surface area (TPSA) is 90.4 Å². The number of rotatable bonds is 8. The lowest BCUT2D eigenvalue weighted by molar-refractivity contribution is -0.165. The lowest BCUT2D eigenvalue weighted by Crippen LogP contribution is -2.48. The Kier molecular flexibility index (Phi) is 6.87. The number of ether oxygens (including phenoxy) is 1. The third-order valence-electron chi connectivity index (χ3n) is 5.84. The fraction of sp³-hybridized carbons (Fsp3) is 0.348. The first-order chi connectivity index (χ1) is 15.9. The van der Waals surface area contributed by atoms with Gasteiger partial charge in [0.25, 0.3) is 5.91 Å². The molecule has 1 heterocycles. The van der Waals surface area contributed by atoms with Crippen LogP contribution >= 0.6 is 0 Å². The third-order valence-corrected chi connectivity index (χ3v) is 5.84. The van der Waals surface area contributed by atoms with Crippen LogP contribution in [0, 0.1) is 0 Å². The van der Waals surface area contributed by atoms with Gasteiger partial charge in [0.1, 0.15) is 23.9 Å². The van der Waals surface area contributed by atoms with Crippen LogP contribution in [-0.4, -0.2) is 70.2 Å². The van der Waals surface area contributed by atoms with Gasteiger partial charge in [-0.2, -0.15) is 13.2 Å². The zero-order valence-corrected chi connectivity index (χ0v) is 18.7. The number of amides is 4. The van der Waals surface area contributed by atoms with E-state index in [-0.39, 0.29) is 19.6 Å². The number of carbonyl (C=O) groups excluding carboxylic acids is 3. The first-order valence-corrected chi connectivity index (χ1v) is 10.3. The summed E-state index contributed by atoms with van der Waals surface area (Å²) in [4.78, 5) is 38.4. The number of alkyl halides is 3. The molecule has 1 N–H and O–H groups in total. The summed E-state index contributed by atoms with van der Waals surface area (Å²) in [6.07, 6.45) is -4.26. The largest absolute Gasteiger partial charge is 0.491 e. The van der Waals surface area contributed by atoms with Crippen LogP contribution in [0.15, 0.2) is 48.5 Å². The van der Waals surface area contributed by atoms with Gasteiger partial charge in [0.05, 0.1) is 12.1 Å². The van der Waals surface area contributed by atoms with Gasteiger partial charge in [0.2, 0.25) is 6.41 Å². The maximum Gasteiger partial charge on any atom is 0.416 e. The Labute approximate surface area is 194 Å². The van der Waals surface area contributed by atoms with Crippen molar-refractivity contribution in [3.63, 3.8) is 0 Å². The smallest absolute Gasteiger partial charge is 0.416 e. The van der Waals surface area contributed by atoms with Gasteiger partial charge in [-0.1, -0.05) is 24.3 Å². The van der Waals surface area contributed by atoms with Crippen molar-refractivity contribution in [2.75, 3.05) is 20.2 Å². The number of urea groups is 1. The summed E-state index contributed by atoms with van der Waals surface area (Å²) >= 11 is 0. The average molecular weight is 479 g/mol. The number of imide groups is 1. The third kappa shape index (κ3) is 4.98. The van der Waals surface area contributed by atoms with E-state index in [1.54, 1.807) is 38.1 Å². The highest BCUT2D eigenvalue weighted by Crippen LogP contribution is 2.31. The summed E-state index contributed by atoms with van der Waals surface area (Å²) in [5, 5.41) is 10.3. The molecule has 1 aliphatic heterocycles. The van der Waals surface area contributed by atoms with Gasteiger partial charge >= 0.3 is 12.2 Å². The normalized spacial score (nSPS) is 16.6. The van der Waals surface area contributed by atoms with Gasteiger partial charge in [0.15, 0.2) is 0 Å². The number of nitrogens with zero attached hydrogens (tertiary/aromatic N) is 3. The van der Waals surface area contributed by atoms with E-state index in [0.29, 0.717) is 21.9 Å². The fourth-order valence-corrected chi connectivity index (χ4v) is 3.44. The Bertz CT molecular complexity index is 1060. The molecule has 0 spiro atoms. The Balaban J connectivity index is 1.68. The number of benzene rings is 2. The van der Waals surface area contributed by atoms with Crippen LogP contribution in [0.3, 0.4) is 0 Å². The minimum absolute atomic E-state index is 0.154. The highest BCUT2D eigenvalue weighted by atomic mass is 19.4. The van der Waals surface area contributed by atoms with E-state index in [1.807, 2.05) is 0 Å². The molecule has 0 bridgehead atoms. The predicted octanol–water partition coefficient (Wildman–Crippen LogP) is 3.64. The summed E-state index contributed by atoms with van der Waals surface area (Å²) in [6.45, 7) is 2.68. The molecule has 1 saturated heterocycles. The van der Waals surface area contributed by atoms with Crippen LogP contribution in [-0.2, 0) is 15.8 Å². The molecule has 1 aliphatic rings. The quantitative estimate of drug-likeness (QED) is 0.270. The SMILES string of the molecule is CN1C(=O)N(CC(COc2ccc(-c3ccc(C(F)(F)F)cc3)cc2)N(O)C=O)C(=O)C1(C)C.